The van der Waals surface area contributed by atoms with E-state index in [4.69, 9.17) is 4.42 Å². The third-order valence-corrected chi connectivity index (χ3v) is 6.25. The van der Waals surface area contributed by atoms with Crippen molar-refractivity contribution in [1.29, 1.82) is 0 Å². The van der Waals surface area contributed by atoms with Gasteiger partial charge in [0.15, 0.2) is 0 Å². The third-order valence-electron chi connectivity index (χ3n) is 5.30. The van der Waals surface area contributed by atoms with Crippen molar-refractivity contribution >= 4 is 33.1 Å². The molecule has 0 spiro atoms. The number of hydrogen-bond donors (Lipinski definition) is 1. The van der Waals surface area contributed by atoms with Gasteiger partial charge in [-0.05, 0) is 28.3 Å². The standard InChI is InChI=1S/C25H19NO2S/c27-23-15-19(24-20-10-5-4-7-17(20)12-13-21(24)28-23)16-26-25(22-11-6-14-29-22)18-8-2-1-3-9-18/h1-15,25-26H,16H2/p+1/t25-/m1/s1. The van der Waals surface area contributed by atoms with Crippen LogP contribution in [-0.4, -0.2) is 0 Å². The highest BCUT2D eigenvalue weighted by molar-refractivity contribution is 7.10. The molecule has 0 saturated carbocycles. The van der Waals surface area contributed by atoms with Gasteiger partial charge in [-0.3, -0.25) is 0 Å². The average molecular weight is 399 g/mol. The van der Waals surface area contributed by atoms with Crippen LogP contribution in [0.1, 0.15) is 22.0 Å². The lowest BCUT2D eigenvalue weighted by Crippen LogP contribution is -2.83. The number of fused-ring (bicyclic) bond motifs is 3. The molecule has 3 aromatic carbocycles. The van der Waals surface area contributed by atoms with Gasteiger partial charge in [0, 0.05) is 22.6 Å². The second-order valence-corrected chi connectivity index (χ2v) is 8.07. The average Bonchev–Trinajstić information content (AvgIpc) is 3.28. The summed E-state index contributed by atoms with van der Waals surface area (Å²) in [5.74, 6) is 0. The van der Waals surface area contributed by atoms with Crippen LogP contribution in [0.5, 0.6) is 0 Å². The summed E-state index contributed by atoms with van der Waals surface area (Å²) in [6, 6.07) is 28.7. The minimum atomic E-state index is -0.302. The molecule has 0 unspecified atom stereocenters. The number of hydrogen-bond acceptors (Lipinski definition) is 3. The minimum absolute atomic E-state index is 0.188. The SMILES string of the molecule is O=c1cc(C[NH2+][C@H](c2ccccc2)c2cccs2)c2c(ccc3ccccc32)o1. The van der Waals surface area contributed by atoms with Gasteiger partial charge in [-0.2, -0.15) is 0 Å². The predicted octanol–water partition coefficient (Wildman–Crippen LogP) is 4.86. The van der Waals surface area contributed by atoms with Crippen LogP contribution in [0, 0.1) is 0 Å². The Balaban J connectivity index is 1.59. The Morgan fingerprint density at radius 2 is 1.72 bits per heavy atom. The summed E-state index contributed by atoms with van der Waals surface area (Å²) in [6.45, 7) is 0.688. The Hall–Kier alpha value is -3.21. The van der Waals surface area contributed by atoms with Gasteiger partial charge >= 0.3 is 5.63 Å². The fourth-order valence-electron chi connectivity index (χ4n) is 3.97. The first-order valence-electron chi connectivity index (χ1n) is 9.66. The smallest absolute Gasteiger partial charge is 0.336 e. The van der Waals surface area contributed by atoms with Crippen LogP contribution in [0.2, 0.25) is 0 Å². The van der Waals surface area contributed by atoms with Gasteiger partial charge in [-0.15, -0.1) is 11.3 Å². The zero-order chi connectivity index (χ0) is 19.6. The molecular formula is C25H20NO2S+. The summed E-state index contributed by atoms with van der Waals surface area (Å²) in [5, 5.41) is 7.70. The lowest BCUT2D eigenvalue weighted by Gasteiger charge is -2.16. The van der Waals surface area contributed by atoms with Crippen molar-refractivity contribution in [3.05, 3.63) is 117 Å². The molecule has 1 atom stereocenters. The molecule has 0 radical (unpaired) electrons. The Morgan fingerprint density at radius 3 is 2.55 bits per heavy atom. The molecule has 142 valence electrons. The highest BCUT2D eigenvalue weighted by Crippen LogP contribution is 2.28. The number of rotatable bonds is 5. The lowest BCUT2D eigenvalue weighted by atomic mass is 10.0. The van der Waals surface area contributed by atoms with E-state index in [0.29, 0.717) is 12.1 Å². The molecule has 0 aliphatic carbocycles. The molecule has 0 aliphatic rings. The molecule has 0 saturated heterocycles. The molecule has 0 fully saturated rings. The predicted molar refractivity (Wildman–Crippen MR) is 118 cm³/mol. The molecule has 0 amide bonds. The van der Waals surface area contributed by atoms with Crippen molar-refractivity contribution in [3.63, 3.8) is 0 Å². The maximum Gasteiger partial charge on any atom is 0.336 e. The first-order chi connectivity index (χ1) is 14.3. The van der Waals surface area contributed by atoms with E-state index in [0.717, 1.165) is 21.7 Å². The monoisotopic (exact) mass is 398 g/mol. The summed E-state index contributed by atoms with van der Waals surface area (Å²) in [5.41, 5.74) is 2.60. The van der Waals surface area contributed by atoms with Gasteiger partial charge in [0.25, 0.3) is 0 Å². The molecule has 2 heterocycles. The van der Waals surface area contributed by atoms with Crippen molar-refractivity contribution in [2.45, 2.75) is 12.6 Å². The maximum atomic E-state index is 12.2. The van der Waals surface area contributed by atoms with E-state index in [9.17, 15) is 4.79 Å². The first kappa shape index (κ1) is 17.9. The Bertz CT molecular complexity index is 1320. The zero-order valence-electron chi connectivity index (χ0n) is 15.7. The van der Waals surface area contributed by atoms with Crippen LogP contribution in [0.4, 0.5) is 0 Å². The Morgan fingerprint density at radius 1 is 0.897 bits per heavy atom. The van der Waals surface area contributed by atoms with Crippen LogP contribution in [0.15, 0.2) is 99.5 Å². The topological polar surface area (TPSA) is 46.8 Å². The number of quaternary nitrogens is 1. The van der Waals surface area contributed by atoms with Crippen LogP contribution < -0.4 is 10.9 Å². The van der Waals surface area contributed by atoms with Crippen LogP contribution in [0.25, 0.3) is 21.7 Å². The summed E-state index contributed by atoms with van der Waals surface area (Å²) in [7, 11) is 0. The molecule has 4 heteroatoms. The Labute approximate surface area is 172 Å². The van der Waals surface area contributed by atoms with E-state index in [-0.39, 0.29) is 11.7 Å². The van der Waals surface area contributed by atoms with E-state index in [1.807, 2.05) is 30.3 Å². The second kappa shape index (κ2) is 7.66. The molecule has 3 nitrogen and oxygen atoms in total. The largest absolute Gasteiger partial charge is 0.423 e. The van der Waals surface area contributed by atoms with Crippen LogP contribution >= 0.6 is 11.3 Å². The fourth-order valence-corrected chi connectivity index (χ4v) is 4.82. The Kier molecular flexibility index (Phi) is 4.72. The quantitative estimate of drug-likeness (QED) is 0.339. The molecule has 2 aromatic heterocycles. The van der Waals surface area contributed by atoms with Crippen molar-refractivity contribution in [3.8, 4) is 0 Å². The van der Waals surface area contributed by atoms with Gasteiger partial charge in [-0.1, -0.05) is 66.7 Å². The van der Waals surface area contributed by atoms with E-state index in [2.05, 4.69) is 59.2 Å². The van der Waals surface area contributed by atoms with E-state index < -0.39 is 0 Å². The summed E-state index contributed by atoms with van der Waals surface area (Å²) in [6.07, 6.45) is 0. The molecule has 5 rings (SSSR count). The number of thiophene rings is 1. The number of nitrogens with two attached hydrogens (primary N) is 1. The third kappa shape index (κ3) is 3.48. The van der Waals surface area contributed by atoms with Gasteiger partial charge < -0.3 is 9.73 Å². The normalized spacial score (nSPS) is 12.4. The maximum absolute atomic E-state index is 12.2. The molecule has 5 aromatic rings. The molecule has 29 heavy (non-hydrogen) atoms. The van der Waals surface area contributed by atoms with Crippen LogP contribution in [0.3, 0.4) is 0 Å². The highest BCUT2D eigenvalue weighted by atomic mass is 32.1. The van der Waals surface area contributed by atoms with Gasteiger partial charge in [-0.25, -0.2) is 4.79 Å². The summed E-state index contributed by atoms with van der Waals surface area (Å²) in [4.78, 5) is 13.5. The van der Waals surface area contributed by atoms with E-state index in [1.165, 1.54) is 10.4 Å². The first-order valence-corrected chi connectivity index (χ1v) is 10.5. The summed E-state index contributed by atoms with van der Waals surface area (Å²) >= 11 is 1.76. The van der Waals surface area contributed by atoms with Crippen molar-refractivity contribution in [2.24, 2.45) is 0 Å². The van der Waals surface area contributed by atoms with E-state index in [1.54, 1.807) is 17.4 Å². The summed E-state index contributed by atoms with van der Waals surface area (Å²) < 4.78 is 5.51. The van der Waals surface area contributed by atoms with Crippen LogP contribution in [-0.2, 0) is 6.54 Å². The highest BCUT2D eigenvalue weighted by Gasteiger charge is 2.20. The van der Waals surface area contributed by atoms with Crippen molar-refractivity contribution in [2.75, 3.05) is 0 Å². The van der Waals surface area contributed by atoms with Gasteiger partial charge in [0.1, 0.15) is 18.2 Å². The molecule has 0 aliphatic heterocycles. The zero-order valence-corrected chi connectivity index (χ0v) is 16.6. The molecule has 2 N–H and O–H groups in total. The number of benzene rings is 3. The second-order valence-electron chi connectivity index (χ2n) is 7.09. The fraction of sp³-hybridized carbons (Fsp3) is 0.0800. The van der Waals surface area contributed by atoms with E-state index >= 15 is 0 Å². The van der Waals surface area contributed by atoms with Crippen molar-refractivity contribution in [1.82, 2.24) is 0 Å². The minimum Gasteiger partial charge on any atom is -0.423 e. The lowest BCUT2D eigenvalue weighted by molar-refractivity contribution is -0.701. The van der Waals surface area contributed by atoms with Crippen molar-refractivity contribution < 1.29 is 9.73 Å². The molecule has 0 bridgehead atoms. The molecular weight excluding hydrogens is 378 g/mol. The van der Waals surface area contributed by atoms with Gasteiger partial charge in [0.05, 0.1) is 4.88 Å². The van der Waals surface area contributed by atoms with Gasteiger partial charge in [0.2, 0.25) is 0 Å².